The summed E-state index contributed by atoms with van der Waals surface area (Å²) >= 11 is 0. The van der Waals surface area contributed by atoms with Crippen molar-refractivity contribution in [2.24, 2.45) is 5.92 Å². The fourth-order valence-corrected chi connectivity index (χ4v) is 4.85. The number of rotatable bonds is 7. The average Bonchev–Trinajstić information content (AvgIpc) is 2.86. The smallest absolute Gasteiger partial charge is 0.336 e. The number of methoxy groups -OCH3 is 2. The fraction of sp³-hybridized carbons (Fsp3) is 0.440. The summed E-state index contributed by atoms with van der Waals surface area (Å²) < 4.78 is 17.0. The molecule has 0 amide bonds. The molecule has 6 N–H and O–H groups in total. The second kappa shape index (κ2) is 10.0. The quantitative estimate of drug-likeness (QED) is 0.317. The molecule has 0 radical (unpaired) electrons. The molecule has 2 aliphatic rings. The Morgan fingerprint density at radius 1 is 0.833 bits per heavy atom. The van der Waals surface area contributed by atoms with Gasteiger partial charge < -0.3 is 44.8 Å². The lowest BCUT2D eigenvalue weighted by molar-refractivity contribution is -0.254. The van der Waals surface area contributed by atoms with E-state index in [0.29, 0.717) is 12.8 Å². The second-order valence-electron chi connectivity index (χ2n) is 8.97. The molecule has 7 atom stereocenters. The molecule has 2 aromatic rings. The molecular formula is C25H28O11. The summed E-state index contributed by atoms with van der Waals surface area (Å²) in [5, 5.41) is 60.9. The van der Waals surface area contributed by atoms with Gasteiger partial charge in [0.15, 0.2) is 0 Å². The zero-order valence-corrected chi connectivity index (χ0v) is 19.6. The van der Waals surface area contributed by atoms with Gasteiger partial charge in [0, 0.05) is 22.6 Å². The van der Waals surface area contributed by atoms with Gasteiger partial charge in [-0.2, -0.15) is 0 Å². The van der Waals surface area contributed by atoms with Crippen molar-refractivity contribution < 1.29 is 54.4 Å². The fourth-order valence-electron chi connectivity index (χ4n) is 4.85. The summed E-state index contributed by atoms with van der Waals surface area (Å²) in [7, 11) is 2.71. The molecule has 36 heavy (non-hydrogen) atoms. The van der Waals surface area contributed by atoms with Crippen LogP contribution in [0.25, 0.3) is 11.1 Å². The number of aliphatic hydroxyl groups excluding tert-OH is 4. The van der Waals surface area contributed by atoms with E-state index in [1.165, 1.54) is 38.5 Å². The molecule has 0 aromatic heterocycles. The summed E-state index contributed by atoms with van der Waals surface area (Å²) in [6.45, 7) is 0. The maximum atomic E-state index is 11.9. The van der Waals surface area contributed by atoms with Crippen LogP contribution in [0.15, 0.2) is 30.3 Å². The first kappa shape index (κ1) is 25.9. The predicted molar refractivity (Wildman–Crippen MR) is 123 cm³/mol. The summed E-state index contributed by atoms with van der Waals surface area (Å²) in [5.41, 5.74) is 0.257. The second-order valence-corrected chi connectivity index (χ2v) is 8.97. The van der Waals surface area contributed by atoms with Gasteiger partial charge in [0.2, 0.25) is 0 Å². The van der Waals surface area contributed by atoms with Gasteiger partial charge in [0.05, 0.1) is 37.6 Å². The van der Waals surface area contributed by atoms with Crippen LogP contribution in [0.2, 0.25) is 0 Å². The van der Waals surface area contributed by atoms with Gasteiger partial charge in [0.25, 0.3) is 0 Å². The third kappa shape index (κ3) is 4.40. The van der Waals surface area contributed by atoms with Gasteiger partial charge in [-0.05, 0) is 37.1 Å². The lowest BCUT2D eigenvalue weighted by Gasteiger charge is -2.48. The first-order chi connectivity index (χ1) is 17.1. The van der Waals surface area contributed by atoms with E-state index in [4.69, 9.17) is 14.2 Å². The zero-order chi connectivity index (χ0) is 26.3. The standard InChI is InChI=1S/C25H28O11/c1-34-17-9-15(23-21(29)19(27)20(28)22(36-23)12-5-6-16(12)26)18(35-2)8-13(17)11-4-3-10(24(30)31)7-14(11)25(32)33/h3-4,7-9,12,16,19-23,26-29H,5-6H2,1-2H3,(H,30,31)(H,32,33)/t12?,16-,19?,20?,21?,22?,23+/m0/s1. The number of hydrogen-bond donors (Lipinski definition) is 6. The minimum atomic E-state index is -1.56. The molecule has 1 aliphatic carbocycles. The van der Waals surface area contributed by atoms with Crippen molar-refractivity contribution in [3.8, 4) is 22.6 Å². The number of hydrogen-bond acceptors (Lipinski definition) is 9. The highest BCUT2D eigenvalue weighted by Gasteiger charge is 2.51. The van der Waals surface area contributed by atoms with Crippen LogP contribution in [0, 0.1) is 5.92 Å². The van der Waals surface area contributed by atoms with Crippen LogP contribution in [-0.2, 0) is 4.74 Å². The molecule has 4 rings (SSSR count). The number of carboxylic acid groups (broad SMARTS) is 2. The van der Waals surface area contributed by atoms with Crippen molar-refractivity contribution in [2.75, 3.05) is 14.2 Å². The number of carboxylic acids is 2. The van der Waals surface area contributed by atoms with Gasteiger partial charge in [-0.15, -0.1) is 0 Å². The Hall–Kier alpha value is -3.22. The Kier molecular flexibility index (Phi) is 7.21. The van der Waals surface area contributed by atoms with Crippen LogP contribution < -0.4 is 9.47 Å². The molecule has 1 aliphatic heterocycles. The number of aromatic carboxylic acids is 2. The molecular weight excluding hydrogens is 476 g/mol. The largest absolute Gasteiger partial charge is 0.496 e. The van der Waals surface area contributed by atoms with Crippen LogP contribution in [0.3, 0.4) is 0 Å². The van der Waals surface area contributed by atoms with Crippen molar-refractivity contribution in [1.82, 2.24) is 0 Å². The Balaban J connectivity index is 1.81. The van der Waals surface area contributed by atoms with E-state index < -0.39 is 54.5 Å². The minimum Gasteiger partial charge on any atom is -0.496 e. The van der Waals surface area contributed by atoms with Gasteiger partial charge in [0.1, 0.15) is 35.9 Å². The highest BCUT2D eigenvalue weighted by molar-refractivity contribution is 6.00. The molecule has 0 spiro atoms. The molecule has 194 valence electrons. The van der Waals surface area contributed by atoms with Crippen LogP contribution in [0.5, 0.6) is 11.5 Å². The number of aliphatic hydroxyl groups is 4. The Bertz CT molecular complexity index is 1160. The summed E-state index contributed by atoms with van der Waals surface area (Å²) in [6, 6.07) is 6.60. The molecule has 1 saturated carbocycles. The molecule has 0 bridgehead atoms. The van der Waals surface area contributed by atoms with E-state index in [1.807, 2.05) is 0 Å². The predicted octanol–water partition coefficient (Wildman–Crippen LogP) is 1.06. The van der Waals surface area contributed by atoms with Crippen molar-refractivity contribution in [1.29, 1.82) is 0 Å². The van der Waals surface area contributed by atoms with Crippen LogP contribution in [-0.4, -0.2) is 87.3 Å². The molecule has 1 heterocycles. The highest BCUT2D eigenvalue weighted by Crippen LogP contribution is 2.46. The van der Waals surface area contributed by atoms with Crippen molar-refractivity contribution in [3.63, 3.8) is 0 Å². The van der Waals surface area contributed by atoms with Gasteiger partial charge in [-0.25, -0.2) is 9.59 Å². The first-order valence-electron chi connectivity index (χ1n) is 11.3. The van der Waals surface area contributed by atoms with E-state index in [-0.39, 0.29) is 39.3 Å². The third-order valence-corrected chi connectivity index (χ3v) is 7.01. The maximum Gasteiger partial charge on any atom is 0.336 e. The molecule has 11 heteroatoms. The van der Waals surface area contributed by atoms with E-state index in [2.05, 4.69) is 0 Å². The van der Waals surface area contributed by atoms with Crippen LogP contribution in [0.1, 0.15) is 45.2 Å². The summed E-state index contributed by atoms with van der Waals surface area (Å²) in [6.07, 6.45) is -6.17. The minimum absolute atomic E-state index is 0.171. The van der Waals surface area contributed by atoms with Crippen LogP contribution >= 0.6 is 0 Å². The highest BCUT2D eigenvalue weighted by atomic mass is 16.5. The van der Waals surface area contributed by atoms with Gasteiger partial charge in [-0.1, -0.05) is 6.07 Å². The van der Waals surface area contributed by atoms with E-state index >= 15 is 0 Å². The SMILES string of the molecule is COc1cc([C@H]2OC(C3CC[C@@H]3O)C(O)C(O)C2O)c(OC)cc1-c1ccc(C(=O)O)cc1C(=O)O. The molecule has 2 aromatic carbocycles. The molecule has 1 saturated heterocycles. The van der Waals surface area contributed by atoms with E-state index in [9.17, 15) is 40.2 Å². The van der Waals surface area contributed by atoms with E-state index in [0.717, 1.165) is 6.07 Å². The van der Waals surface area contributed by atoms with Gasteiger partial charge in [-0.3, -0.25) is 0 Å². The number of ether oxygens (including phenoxy) is 3. The summed E-state index contributed by atoms with van der Waals surface area (Å²) in [4.78, 5) is 23.3. The monoisotopic (exact) mass is 504 g/mol. The zero-order valence-electron chi connectivity index (χ0n) is 19.6. The average molecular weight is 504 g/mol. The number of carbonyl (C=O) groups is 2. The lowest BCUT2D eigenvalue weighted by atomic mass is 9.73. The third-order valence-electron chi connectivity index (χ3n) is 7.01. The Labute approximate surface area is 206 Å². The Morgan fingerprint density at radius 3 is 2.06 bits per heavy atom. The first-order valence-corrected chi connectivity index (χ1v) is 11.3. The molecule has 5 unspecified atom stereocenters. The Morgan fingerprint density at radius 2 is 1.53 bits per heavy atom. The molecule has 2 fully saturated rings. The molecule has 11 nitrogen and oxygen atoms in total. The summed E-state index contributed by atoms with van der Waals surface area (Å²) in [5.74, 6) is -2.69. The van der Waals surface area contributed by atoms with Crippen molar-refractivity contribution in [3.05, 3.63) is 47.0 Å². The van der Waals surface area contributed by atoms with Gasteiger partial charge >= 0.3 is 11.9 Å². The number of benzene rings is 2. The van der Waals surface area contributed by atoms with Crippen LogP contribution in [0.4, 0.5) is 0 Å². The van der Waals surface area contributed by atoms with Crippen molar-refractivity contribution in [2.45, 2.75) is 49.5 Å². The topological polar surface area (TPSA) is 183 Å². The van der Waals surface area contributed by atoms with Crippen molar-refractivity contribution >= 4 is 11.9 Å². The van der Waals surface area contributed by atoms with E-state index in [1.54, 1.807) is 0 Å². The lowest BCUT2D eigenvalue weighted by Crippen LogP contribution is -2.59. The maximum absolute atomic E-state index is 11.9. The normalized spacial score (nSPS) is 29.8.